The number of benzene rings is 1. The topological polar surface area (TPSA) is 15.3 Å². The minimum absolute atomic E-state index is 0.501. The second kappa shape index (κ2) is 7.86. The molecule has 1 fully saturated rings. The second-order valence-corrected chi connectivity index (χ2v) is 6.19. The van der Waals surface area contributed by atoms with Gasteiger partial charge in [-0.05, 0) is 37.2 Å². The highest BCUT2D eigenvalue weighted by atomic mass is 35.5. The predicted octanol–water partition coefficient (Wildman–Crippen LogP) is 3.65. The molecule has 0 heterocycles. The number of nitrogens with zero attached hydrogens (tertiary/aromatic N) is 1. The first kappa shape index (κ1) is 16.4. The van der Waals surface area contributed by atoms with Crippen LogP contribution in [0.5, 0.6) is 0 Å². The third-order valence-corrected chi connectivity index (χ3v) is 4.52. The Hall–Kier alpha value is -0.995. The van der Waals surface area contributed by atoms with Crippen molar-refractivity contribution in [1.29, 1.82) is 0 Å². The minimum Gasteiger partial charge on any atom is -0.342 e. The van der Waals surface area contributed by atoms with Gasteiger partial charge in [-0.2, -0.15) is 0 Å². The van der Waals surface area contributed by atoms with E-state index in [1.165, 1.54) is 32.1 Å². The van der Waals surface area contributed by atoms with Crippen LogP contribution >= 0.6 is 23.8 Å². The number of nitrogens with one attached hydrogen (secondary N) is 1. The lowest BCUT2D eigenvalue weighted by Gasteiger charge is -2.35. The van der Waals surface area contributed by atoms with Crippen LogP contribution in [0.3, 0.4) is 0 Å². The largest absolute Gasteiger partial charge is 0.342 e. The molecule has 1 aliphatic carbocycles. The number of thiocarbonyl (C=S) groups is 1. The summed E-state index contributed by atoms with van der Waals surface area (Å²) in [4.78, 5) is 2.23. The van der Waals surface area contributed by atoms with Crippen LogP contribution in [0.1, 0.15) is 32.1 Å². The van der Waals surface area contributed by atoms with Crippen molar-refractivity contribution in [3.8, 4) is 0 Å². The van der Waals surface area contributed by atoms with E-state index in [9.17, 15) is 0 Å². The van der Waals surface area contributed by atoms with E-state index in [4.69, 9.17) is 31.7 Å². The first-order valence-corrected chi connectivity index (χ1v) is 8.14. The Morgan fingerprint density at radius 3 is 2.76 bits per heavy atom. The smallest absolute Gasteiger partial charge is 0.173 e. The summed E-state index contributed by atoms with van der Waals surface area (Å²) in [6, 6.07) is 5.98. The lowest BCUT2D eigenvalue weighted by Crippen LogP contribution is -2.43. The van der Waals surface area contributed by atoms with Gasteiger partial charge in [0.1, 0.15) is 7.85 Å². The van der Waals surface area contributed by atoms with Crippen molar-refractivity contribution in [3.63, 3.8) is 0 Å². The van der Waals surface area contributed by atoms with Crippen LogP contribution in [0.2, 0.25) is 5.02 Å². The van der Waals surface area contributed by atoms with Gasteiger partial charge in [0, 0.05) is 23.3 Å². The zero-order chi connectivity index (χ0) is 15.2. The quantitative estimate of drug-likeness (QED) is 0.518. The van der Waals surface area contributed by atoms with Crippen molar-refractivity contribution < 1.29 is 0 Å². The molecule has 0 spiro atoms. The molecule has 2 rings (SSSR count). The maximum atomic E-state index is 6.05. The Morgan fingerprint density at radius 1 is 1.43 bits per heavy atom. The molecular formula is C16H20BClN2S. The van der Waals surface area contributed by atoms with Gasteiger partial charge in [-0.15, -0.1) is 6.58 Å². The van der Waals surface area contributed by atoms with Crippen LogP contribution in [0.25, 0.3) is 0 Å². The monoisotopic (exact) mass is 318 g/mol. The van der Waals surface area contributed by atoms with E-state index >= 15 is 0 Å². The summed E-state index contributed by atoms with van der Waals surface area (Å²) >= 11 is 11.6. The molecule has 0 amide bonds. The highest BCUT2D eigenvalue weighted by Crippen LogP contribution is 2.23. The summed E-state index contributed by atoms with van der Waals surface area (Å²) < 4.78 is 0. The maximum absolute atomic E-state index is 6.05. The molecule has 1 aromatic carbocycles. The Kier molecular flexibility index (Phi) is 6.13. The summed E-state index contributed by atoms with van der Waals surface area (Å²) in [5, 5.41) is 4.52. The molecule has 110 valence electrons. The average molecular weight is 319 g/mol. The molecule has 1 saturated carbocycles. The second-order valence-electron chi connectivity index (χ2n) is 5.40. The Balaban J connectivity index is 2.06. The fourth-order valence-corrected chi connectivity index (χ4v) is 3.25. The molecule has 0 aliphatic heterocycles. The third kappa shape index (κ3) is 4.48. The van der Waals surface area contributed by atoms with E-state index in [-0.39, 0.29) is 0 Å². The lowest BCUT2D eigenvalue weighted by molar-refractivity contribution is 0.263. The highest BCUT2D eigenvalue weighted by Gasteiger charge is 2.22. The van der Waals surface area contributed by atoms with Gasteiger partial charge in [0.15, 0.2) is 5.11 Å². The van der Waals surface area contributed by atoms with E-state index in [0.717, 1.165) is 17.3 Å². The maximum Gasteiger partial charge on any atom is 0.173 e. The molecular weight excluding hydrogens is 299 g/mol. The van der Waals surface area contributed by atoms with E-state index in [2.05, 4.69) is 16.8 Å². The zero-order valence-corrected chi connectivity index (χ0v) is 13.7. The molecule has 5 heteroatoms. The zero-order valence-electron chi connectivity index (χ0n) is 12.1. The summed E-state index contributed by atoms with van der Waals surface area (Å²) in [5.41, 5.74) is 1.44. The number of halogens is 1. The van der Waals surface area contributed by atoms with Crippen molar-refractivity contribution in [1.82, 2.24) is 4.90 Å². The molecule has 0 bridgehead atoms. The van der Waals surface area contributed by atoms with Crippen molar-refractivity contribution in [2.75, 3.05) is 11.9 Å². The van der Waals surface area contributed by atoms with Crippen molar-refractivity contribution in [2.24, 2.45) is 0 Å². The van der Waals surface area contributed by atoms with Gasteiger partial charge in [0.25, 0.3) is 0 Å². The molecule has 1 N–H and O–H groups in total. The summed E-state index contributed by atoms with van der Waals surface area (Å²) in [5.74, 6) is 0. The first-order valence-electron chi connectivity index (χ1n) is 7.35. The normalized spacial score (nSPS) is 15.5. The third-order valence-electron chi connectivity index (χ3n) is 3.85. The summed E-state index contributed by atoms with van der Waals surface area (Å²) in [6.07, 6.45) is 8.16. The van der Waals surface area contributed by atoms with Gasteiger partial charge in [0.05, 0.1) is 0 Å². The van der Waals surface area contributed by atoms with Gasteiger partial charge >= 0.3 is 0 Å². The highest BCUT2D eigenvalue weighted by molar-refractivity contribution is 7.80. The van der Waals surface area contributed by atoms with Crippen molar-refractivity contribution in [2.45, 2.75) is 38.1 Å². The molecule has 1 aliphatic rings. The molecule has 0 unspecified atom stereocenters. The van der Waals surface area contributed by atoms with Crippen LogP contribution in [-0.2, 0) is 0 Å². The Bertz CT molecular complexity index is 515. The fraction of sp³-hybridized carbons (Fsp3) is 0.438. The van der Waals surface area contributed by atoms with Crippen LogP contribution in [0.15, 0.2) is 30.9 Å². The SMILES string of the molecule is [B]c1ccc(NC(=S)N(CC=C)C2CCCCC2)cc1Cl. The number of hydrogen-bond acceptors (Lipinski definition) is 1. The van der Waals surface area contributed by atoms with Gasteiger partial charge in [-0.1, -0.05) is 48.5 Å². The van der Waals surface area contributed by atoms with Crippen LogP contribution < -0.4 is 10.8 Å². The van der Waals surface area contributed by atoms with Gasteiger partial charge in [0.2, 0.25) is 0 Å². The van der Waals surface area contributed by atoms with Crippen molar-refractivity contribution in [3.05, 3.63) is 35.9 Å². The lowest BCUT2D eigenvalue weighted by atomic mass is 9.94. The number of hydrogen-bond donors (Lipinski definition) is 1. The Morgan fingerprint density at radius 2 is 2.14 bits per heavy atom. The summed E-state index contributed by atoms with van der Waals surface area (Å²) in [7, 11) is 5.73. The van der Waals surface area contributed by atoms with E-state index in [1.54, 1.807) is 12.1 Å². The standard InChI is InChI=1S/C16H20BClN2S/c1-2-10-20(13-6-4-3-5-7-13)16(21)19-12-8-9-14(17)15(18)11-12/h2,8-9,11,13H,1,3-7,10H2,(H,19,21). The van der Waals surface area contributed by atoms with E-state index < -0.39 is 0 Å². The Labute approximate surface area is 139 Å². The van der Waals surface area contributed by atoms with Crippen LogP contribution in [0.4, 0.5) is 5.69 Å². The molecule has 21 heavy (non-hydrogen) atoms. The van der Waals surface area contributed by atoms with E-state index in [0.29, 0.717) is 16.5 Å². The minimum atomic E-state index is 0.501. The molecule has 2 nitrogen and oxygen atoms in total. The summed E-state index contributed by atoms with van der Waals surface area (Å²) in [6.45, 7) is 4.61. The fourth-order valence-electron chi connectivity index (χ4n) is 2.73. The van der Waals surface area contributed by atoms with Crippen LogP contribution in [-0.4, -0.2) is 30.4 Å². The molecule has 2 radical (unpaired) electrons. The molecule has 0 saturated heterocycles. The number of anilines is 1. The average Bonchev–Trinajstić information content (AvgIpc) is 2.49. The number of rotatable bonds is 4. The molecule has 1 aromatic rings. The van der Waals surface area contributed by atoms with Gasteiger partial charge < -0.3 is 10.2 Å². The van der Waals surface area contributed by atoms with Gasteiger partial charge in [-0.25, -0.2) is 0 Å². The predicted molar refractivity (Wildman–Crippen MR) is 96.8 cm³/mol. The van der Waals surface area contributed by atoms with E-state index in [1.807, 2.05) is 12.1 Å². The van der Waals surface area contributed by atoms with Crippen LogP contribution in [0, 0.1) is 0 Å². The van der Waals surface area contributed by atoms with Gasteiger partial charge in [-0.3, -0.25) is 0 Å². The van der Waals surface area contributed by atoms with Crippen molar-refractivity contribution >= 4 is 47.9 Å². The molecule has 0 atom stereocenters. The first-order chi connectivity index (χ1) is 10.1. The molecule has 0 aromatic heterocycles.